The number of hydrogen-bond acceptors (Lipinski definition) is 2. The van der Waals surface area contributed by atoms with Crippen LogP contribution in [-0.2, 0) is 4.79 Å². The average Bonchev–Trinajstić information content (AvgIpc) is 2.93. The number of nitrogens with two attached hydrogens (primary N) is 1. The van der Waals surface area contributed by atoms with Gasteiger partial charge in [-0.2, -0.15) is 0 Å². The highest BCUT2D eigenvalue weighted by atomic mass is 16.1. The van der Waals surface area contributed by atoms with E-state index >= 15 is 0 Å². The highest BCUT2D eigenvalue weighted by molar-refractivity contribution is 5.79. The molecule has 82 valence electrons. The molecule has 0 aromatic heterocycles. The van der Waals surface area contributed by atoms with Crippen molar-refractivity contribution in [2.24, 2.45) is 11.7 Å². The molecule has 1 aliphatic carbocycles. The summed E-state index contributed by atoms with van der Waals surface area (Å²) in [6, 6.07) is -0.0839. The van der Waals surface area contributed by atoms with Crippen molar-refractivity contribution >= 4 is 5.91 Å². The summed E-state index contributed by atoms with van der Waals surface area (Å²) in [5, 5.41) is 3.25. The summed E-state index contributed by atoms with van der Waals surface area (Å²) in [5.41, 5.74) is 5.33. The van der Waals surface area contributed by atoms with Crippen LogP contribution in [0.4, 0.5) is 0 Å². The van der Waals surface area contributed by atoms with Crippen molar-refractivity contribution in [2.75, 3.05) is 6.54 Å². The Balaban J connectivity index is 2.10. The van der Waals surface area contributed by atoms with E-state index < -0.39 is 0 Å². The van der Waals surface area contributed by atoms with Gasteiger partial charge in [-0.25, -0.2) is 0 Å². The van der Waals surface area contributed by atoms with E-state index in [4.69, 9.17) is 5.73 Å². The Morgan fingerprint density at radius 1 is 1.50 bits per heavy atom. The Morgan fingerprint density at radius 2 is 2.21 bits per heavy atom. The van der Waals surface area contributed by atoms with Crippen LogP contribution in [0.5, 0.6) is 0 Å². The number of unbranched alkanes of at least 4 members (excludes halogenated alkanes) is 2. The molecule has 0 saturated heterocycles. The van der Waals surface area contributed by atoms with Gasteiger partial charge in [0.1, 0.15) is 0 Å². The molecular weight excluding hydrogens is 176 g/mol. The van der Waals surface area contributed by atoms with Crippen molar-refractivity contribution in [1.29, 1.82) is 0 Å². The van der Waals surface area contributed by atoms with Crippen molar-refractivity contribution in [1.82, 2.24) is 5.32 Å². The van der Waals surface area contributed by atoms with Crippen LogP contribution in [0.15, 0.2) is 0 Å². The first-order valence-electron chi connectivity index (χ1n) is 5.76. The largest absolute Gasteiger partial charge is 0.368 e. The molecule has 1 amide bonds. The first kappa shape index (κ1) is 11.5. The number of amides is 1. The minimum absolute atomic E-state index is 0.0839. The normalized spacial score (nSPS) is 18.1. The number of carbonyl (C=O) groups excluding carboxylic acids is 1. The van der Waals surface area contributed by atoms with Gasteiger partial charge in [0.05, 0.1) is 6.04 Å². The predicted molar refractivity (Wildman–Crippen MR) is 57.9 cm³/mol. The van der Waals surface area contributed by atoms with Gasteiger partial charge in [0.25, 0.3) is 0 Å². The SMILES string of the molecule is CCCCCNC(CC1CC1)C(N)=O. The van der Waals surface area contributed by atoms with E-state index in [2.05, 4.69) is 12.2 Å². The van der Waals surface area contributed by atoms with Gasteiger partial charge in [0.2, 0.25) is 5.91 Å². The van der Waals surface area contributed by atoms with E-state index in [1.807, 2.05) is 0 Å². The van der Waals surface area contributed by atoms with Crippen LogP contribution in [0.25, 0.3) is 0 Å². The average molecular weight is 198 g/mol. The summed E-state index contributed by atoms with van der Waals surface area (Å²) < 4.78 is 0. The fourth-order valence-corrected chi connectivity index (χ4v) is 1.64. The Bertz CT molecular complexity index is 178. The van der Waals surface area contributed by atoms with E-state index in [0.29, 0.717) is 0 Å². The van der Waals surface area contributed by atoms with Crippen LogP contribution in [0.3, 0.4) is 0 Å². The number of rotatable bonds is 8. The lowest BCUT2D eigenvalue weighted by Crippen LogP contribution is -2.42. The van der Waals surface area contributed by atoms with Gasteiger partial charge in [-0.1, -0.05) is 32.6 Å². The Morgan fingerprint density at radius 3 is 2.71 bits per heavy atom. The van der Waals surface area contributed by atoms with Crippen LogP contribution in [0.2, 0.25) is 0 Å². The van der Waals surface area contributed by atoms with Crippen LogP contribution < -0.4 is 11.1 Å². The molecule has 1 rings (SSSR count). The molecule has 0 radical (unpaired) electrons. The summed E-state index contributed by atoms with van der Waals surface area (Å²) in [7, 11) is 0. The zero-order valence-electron chi connectivity index (χ0n) is 9.09. The van der Waals surface area contributed by atoms with Gasteiger partial charge in [0.15, 0.2) is 0 Å². The van der Waals surface area contributed by atoms with Gasteiger partial charge in [-0.05, 0) is 25.3 Å². The lowest BCUT2D eigenvalue weighted by molar-refractivity contribution is -0.120. The maximum Gasteiger partial charge on any atom is 0.234 e. The fourth-order valence-electron chi connectivity index (χ4n) is 1.64. The van der Waals surface area contributed by atoms with E-state index in [0.717, 1.165) is 25.3 Å². The van der Waals surface area contributed by atoms with Gasteiger partial charge in [-0.3, -0.25) is 4.79 Å². The quantitative estimate of drug-likeness (QED) is 0.580. The van der Waals surface area contributed by atoms with Crippen LogP contribution in [-0.4, -0.2) is 18.5 Å². The molecule has 0 aliphatic heterocycles. The van der Waals surface area contributed by atoms with Crippen molar-refractivity contribution in [3.63, 3.8) is 0 Å². The maximum absolute atomic E-state index is 11.1. The molecule has 1 atom stereocenters. The molecule has 14 heavy (non-hydrogen) atoms. The van der Waals surface area contributed by atoms with Crippen LogP contribution in [0.1, 0.15) is 45.4 Å². The molecule has 0 bridgehead atoms. The number of carbonyl (C=O) groups is 1. The van der Waals surface area contributed by atoms with Crippen molar-refractivity contribution in [2.45, 2.75) is 51.5 Å². The molecule has 1 unspecified atom stereocenters. The van der Waals surface area contributed by atoms with Crippen LogP contribution >= 0.6 is 0 Å². The molecule has 3 N–H and O–H groups in total. The highest BCUT2D eigenvalue weighted by Crippen LogP contribution is 2.33. The monoisotopic (exact) mass is 198 g/mol. The first-order chi connectivity index (χ1) is 6.74. The number of primary amides is 1. The van der Waals surface area contributed by atoms with E-state index in [1.165, 1.54) is 25.7 Å². The minimum Gasteiger partial charge on any atom is -0.368 e. The summed E-state index contributed by atoms with van der Waals surface area (Å²) in [4.78, 5) is 11.1. The molecule has 3 heteroatoms. The van der Waals surface area contributed by atoms with Gasteiger partial charge < -0.3 is 11.1 Å². The molecular formula is C11H22N2O. The van der Waals surface area contributed by atoms with Gasteiger partial charge >= 0.3 is 0 Å². The van der Waals surface area contributed by atoms with Crippen molar-refractivity contribution in [3.05, 3.63) is 0 Å². The van der Waals surface area contributed by atoms with Gasteiger partial charge in [-0.15, -0.1) is 0 Å². The zero-order chi connectivity index (χ0) is 10.4. The lowest BCUT2D eigenvalue weighted by Gasteiger charge is -2.14. The topological polar surface area (TPSA) is 55.1 Å². The van der Waals surface area contributed by atoms with Crippen molar-refractivity contribution < 1.29 is 4.79 Å². The number of nitrogens with one attached hydrogen (secondary N) is 1. The van der Waals surface area contributed by atoms with E-state index in [-0.39, 0.29) is 11.9 Å². The third-order valence-corrected chi connectivity index (χ3v) is 2.78. The molecule has 0 heterocycles. The third-order valence-electron chi connectivity index (χ3n) is 2.78. The predicted octanol–water partition coefficient (Wildman–Crippen LogP) is 1.42. The molecule has 0 spiro atoms. The van der Waals surface area contributed by atoms with Crippen LogP contribution in [0, 0.1) is 5.92 Å². The molecule has 1 saturated carbocycles. The summed E-state index contributed by atoms with van der Waals surface area (Å²) in [6.45, 7) is 3.10. The van der Waals surface area contributed by atoms with E-state index in [9.17, 15) is 4.79 Å². The summed E-state index contributed by atoms with van der Waals surface area (Å²) in [6.07, 6.45) is 7.08. The molecule has 3 nitrogen and oxygen atoms in total. The standard InChI is InChI=1S/C11H22N2O/c1-2-3-4-7-13-10(11(12)14)8-9-5-6-9/h9-10,13H,2-8H2,1H3,(H2,12,14). The Hall–Kier alpha value is -0.570. The highest BCUT2D eigenvalue weighted by Gasteiger charge is 2.27. The summed E-state index contributed by atoms with van der Waals surface area (Å²) >= 11 is 0. The zero-order valence-corrected chi connectivity index (χ0v) is 9.09. The Labute approximate surface area is 86.4 Å². The van der Waals surface area contributed by atoms with E-state index in [1.54, 1.807) is 0 Å². The smallest absolute Gasteiger partial charge is 0.234 e. The Kier molecular flexibility index (Phi) is 4.94. The molecule has 1 fully saturated rings. The minimum atomic E-state index is -0.187. The fraction of sp³-hybridized carbons (Fsp3) is 0.909. The maximum atomic E-state index is 11.1. The molecule has 1 aliphatic rings. The lowest BCUT2D eigenvalue weighted by atomic mass is 10.1. The van der Waals surface area contributed by atoms with Gasteiger partial charge in [0, 0.05) is 0 Å². The molecule has 0 aromatic carbocycles. The second-order valence-corrected chi connectivity index (χ2v) is 4.30. The van der Waals surface area contributed by atoms with Crippen molar-refractivity contribution in [3.8, 4) is 0 Å². The second-order valence-electron chi connectivity index (χ2n) is 4.30. The third kappa shape index (κ3) is 4.61. The first-order valence-corrected chi connectivity index (χ1v) is 5.76. The summed E-state index contributed by atoms with van der Waals surface area (Å²) in [5.74, 6) is 0.569. The second kappa shape index (κ2) is 6.02. The molecule has 0 aromatic rings. The number of hydrogen-bond donors (Lipinski definition) is 2.